The molecule has 1 atom stereocenters. The topological polar surface area (TPSA) is 71.5 Å². The summed E-state index contributed by atoms with van der Waals surface area (Å²) >= 11 is 0. The monoisotopic (exact) mass is 261 g/mol. The molecule has 0 saturated carbocycles. The summed E-state index contributed by atoms with van der Waals surface area (Å²) in [6.45, 7) is 1.46. The number of nitrogens with zero attached hydrogens (tertiary/aromatic N) is 3. The number of carbonyl (C=O) groups is 1. The Morgan fingerprint density at radius 1 is 1.53 bits per heavy atom. The number of aromatic nitrogens is 2. The zero-order valence-electron chi connectivity index (χ0n) is 10.4. The summed E-state index contributed by atoms with van der Waals surface area (Å²) in [5.74, 6) is 0.839. The molecule has 1 amide bonds. The molecule has 2 aromatic heterocycles. The van der Waals surface area contributed by atoms with E-state index in [0.29, 0.717) is 37.6 Å². The van der Waals surface area contributed by atoms with Crippen LogP contribution in [0, 0.1) is 0 Å². The number of hydrogen-bond acceptors (Lipinski definition) is 4. The highest BCUT2D eigenvalue weighted by Gasteiger charge is 2.27. The molecule has 3 heterocycles. The SMILES string of the molecule is O=C(c1ccc(Cn2cccn2)o1)N1CC[C@H](O)C1. The first-order valence-corrected chi connectivity index (χ1v) is 6.26. The predicted octanol–water partition coefficient (Wildman–Crippen LogP) is 0.731. The van der Waals surface area contributed by atoms with Crippen LogP contribution in [0.15, 0.2) is 35.0 Å². The van der Waals surface area contributed by atoms with Gasteiger partial charge in [-0.05, 0) is 24.6 Å². The summed E-state index contributed by atoms with van der Waals surface area (Å²) in [4.78, 5) is 13.7. The second-order valence-electron chi connectivity index (χ2n) is 4.66. The van der Waals surface area contributed by atoms with Crippen LogP contribution < -0.4 is 0 Å². The van der Waals surface area contributed by atoms with Crippen molar-refractivity contribution < 1.29 is 14.3 Å². The Morgan fingerprint density at radius 2 is 2.42 bits per heavy atom. The molecular weight excluding hydrogens is 246 g/mol. The van der Waals surface area contributed by atoms with E-state index in [-0.39, 0.29) is 5.91 Å². The second kappa shape index (κ2) is 4.89. The van der Waals surface area contributed by atoms with E-state index >= 15 is 0 Å². The maximum Gasteiger partial charge on any atom is 0.289 e. The molecule has 1 aliphatic heterocycles. The first-order valence-electron chi connectivity index (χ1n) is 6.26. The van der Waals surface area contributed by atoms with Gasteiger partial charge in [0.05, 0.1) is 12.6 Å². The molecular formula is C13H15N3O3. The summed E-state index contributed by atoms with van der Waals surface area (Å²) < 4.78 is 7.26. The van der Waals surface area contributed by atoms with Crippen LogP contribution in [-0.2, 0) is 6.54 Å². The van der Waals surface area contributed by atoms with E-state index in [1.165, 1.54) is 0 Å². The van der Waals surface area contributed by atoms with Gasteiger partial charge in [0.2, 0.25) is 0 Å². The summed E-state index contributed by atoms with van der Waals surface area (Å²) in [5.41, 5.74) is 0. The average Bonchev–Trinajstić information content (AvgIpc) is 3.10. The number of aliphatic hydroxyl groups is 1. The average molecular weight is 261 g/mol. The van der Waals surface area contributed by atoms with E-state index in [4.69, 9.17) is 4.42 Å². The van der Waals surface area contributed by atoms with Gasteiger partial charge in [-0.2, -0.15) is 5.10 Å². The van der Waals surface area contributed by atoms with E-state index in [1.54, 1.807) is 27.9 Å². The van der Waals surface area contributed by atoms with E-state index in [2.05, 4.69) is 5.10 Å². The molecule has 1 N–H and O–H groups in total. The van der Waals surface area contributed by atoms with Crippen molar-refractivity contribution in [1.29, 1.82) is 0 Å². The quantitative estimate of drug-likeness (QED) is 0.884. The van der Waals surface area contributed by atoms with Crippen LogP contribution >= 0.6 is 0 Å². The maximum absolute atomic E-state index is 12.1. The fourth-order valence-corrected chi connectivity index (χ4v) is 2.21. The fraction of sp³-hybridized carbons (Fsp3) is 0.385. The summed E-state index contributed by atoms with van der Waals surface area (Å²) in [7, 11) is 0. The molecule has 0 radical (unpaired) electrons. The van der Waals surface area contributed by atoms with E-state index < -0.39 is 6.10 Å². The number of carbonyl (C=O) groups excluding carboxylic acids is 1. The van der Waals surface area contributed by atoms with Gasteiger partial charge in [0.15, 0.2) is 5.76 Å². The molecule has 0 aliphatic carbocycles. The van der Waals surface area contributed by atoms with Crippen LogP contribution in [0.3, 0.4) is 0 Å². The first-order chi connectivity index (χ1) is 9.22. The van der Waals surface area contributed by atoms with Crippen molar-refractivity contribution >= 4 is 5.91 Å². The minimum Gasteiger partial charge on any atom is -0.454 e. The highest BCUT2D eigenvalue weighted by molar-refractivity contribution is 5.91. The van der Waals surface area contributed by atoms with E-state index in [1.807, 2.05) is 12.3 Å². The number of hydrogen-bond donors (Lipinski definition) is 1. The standard InChI is InChI=1S/C13H15N3O3/c17-10-4-7-15(8-10)13(18)12-3-2-11(19-12)9-16-6-1-5-14-16/h1-3,5-6,10,17H,4,7-9H2/t10-/m0/s1. The molecule has 0 unspecified atom stereocenters. The van der Waals surface area contributed by atoms with Gasteiger partial charge in [0, 0.05) is 25.5 Å². The zero-order chi connectivity index (χ0) is 13.2. The van der Waals surface area contributed by atoms with Gasteiger partial charge >= 0.3 is 0 Å². The smallest absolute Gasteiger partial charge is 0.289 e. The third-order valence-corrected chi connectivity index (χ3v) is 3.20. The highest BCUT2D eigenvalue weighted by Crippen LogP contribution is 2.16. The molecule has 3 rings (SSSR count). The number of rotatable bonds is 3. The van der Waals surface area contributed by atoms with Crippen LogP contribution in [0.2, 0.25) is 0 Å². The van der Waals surface area contributed by atoms with Crippen molar-refractivity contribution in [3.05, 3.63) is 42.1 Å². The number of amides is 1. The lowest BCUT2D eigenvalue weighted by Crippen LogP contribution is -2.29. The molecule has 1 aliphatic rings. The normalized spacial score (nSPS) is 19.0. The number of furan rings is 1. The molecule has 1 saturated heterocycles. The molecule has 0 bridgehead atoms. The number of aliphatic hydroxyl groups excluding tert-OH is 1. The van der Waals surface area contributed by atoms with Crippen LogP contribution in [0.4, 0.5) is 0 Å². The third-order valence-electron chi connectivity index (χ3n) is 3.20. The highest BCUT2D eigenvalue weighted by atomic mass is 16.4. The Kier molecular flexibility index (Phi) is 3.08. The Labute approximate surface area is 110 Å². The molecule has 6 heteroatoms. The Bertz CT molecular complexity index is 561. The number of likely N-dealkylation sites (tertiary alicyclic amines) is 1. The van der Waals surface area contributed by atoms with Gasteiger partial charge in [0.1, 0.15) is 5.76 Å². The fourth-order valence-electron chi connectivity index (χ4n) is 2.21. The molecule has 1 fully saturated rings. The lowest BCUT2D eigenvalue weighted by atomic mass is 10.3. The van der Waals surface area contributed by atoms with Crippen LogP contribution in [0.5, 0.6) is 0 Å². The molecule has 2 aromatic rings. The van der Waals surface area contributed by atoms with Crippen LogP contribution in [-0.4, -0.2) is 44.9 Å². The Morgan fingerprint density at radius 3 is 3.11 bits per heavy atom. The third kappa shape index (κ3) is 2.53. The van der Waals surface area contributed by atoms with Crippen LogP contribution in [0.25, 0.3) is 0 Å². The Balaban J connectivity index is 1.69. The van der Waals surface area contributed by atoms with Gasteiger partial charge < -0.3 is 14.4 Å². The van der Waals surface area contributed by atoms with Crippen LogP contribution in [0.1, 0.15) is 22.7 Å². The Hall–Kier alpha value is -2.08. The molecule has 100 valence electrons. The summed E-state index contributed by atoms with van der Waals surface area (Å²) in [5, 5.41) is 13.5. The van der Waals surface area contributed by atoms with Gasteiger partial charge in [-0.15, -0.1) is 0 Å². The largest absolute Gasteiger partial charge is 0.454 e. The van der Waals surface area contributed by atoms with Gasteiger partial charge in [-0.3, -0.25) is 9.48 Å². The second-order valence-corrected chi connectivity index (χ2v) is 4.66. The summed E-state index contributed by atoms with van der Waals surface area (Å²) in [6, 6.07) is 5.29. The molecule has 0 aromatic carbocycles. The van der Waals surface area contributed by atoms with Crippen molar-refractivity contribution in [2.24, 2.45) is 0 Å². The van der Waals surface area contributed by atoms with Gasteiger partial charge in [-0.1, -0.05) is 0 Å². The zero-order valence-corrected chi connectivity index (χ0v) is 10.4. The molecule has 19 heavy (non-hydrogen) atoms. The van der Waals surface area contributed by atoms with E-state index in [9.17, 15) is 9.90 Å². The van der Waals surface area contributed by atoms with Crippen molar-refractivity contribution in [1.82, 2.24) is 14.7 Å². The van der Waals surface area contributed by atoms with Crippen molar-refractivity contribution in [2.75, 3.05) is 13.1 Å². The van der Waals surface area contributed by atoms with Gasteiger partial charge in [0.25, 0.3) is 5.91 Å². The minimum absolute atomic E-state index is 0.164. The minimum atomic E-state index is -0.414. The number of β-amino-alcohol motifs (C(OH)–C–C–N with tert-alkyl or cyclic N) is 1. The molecule has 0 spiro atoms. The lowest BCUT2D eigenvalue weighted by Gasteiger charge is -2.13. The van der Waals surface area contributed by atoms with Crippen molar-refractivity contribution in [3.63, 3.8) is 0 Å². The first kappa shape index (κ1) is 12.0. The van der Waals surface area contributed by atoms with Gasteiger partial charge in [-0.25, -0.2) is 0 Å². The van der Waals surface area contributed by atoms with Crippen molar-refractivity contribution in [2.45, 2.75) is 19.1 Å². The predicted molar refractivity (Wildman–Crippen MR) is 66.6 cm³/mol. The van der Waals surface area contributed by atoms with E-state index in [0.717, 1.165) is 0 Å². The maximum atomic E-state index is 12.1. The molecule has 6 nitrogen and oxygen atoms in total. The summed E-state index contributed by atoms with van der Waals surface area (Å²) in [6.07, 6.45) is 3.75. The van der Waals surface area contributed by atoms with Crippen molar-refractivity contribution in [3.8, 4) is 0 Å². The lowest BCUT2D eigenvalue weighted by molar-refractivity contribution is 0.0731.